The molecule has 0 aliphatic heterocycles. The van der Waals surface area contributed by atoms with E-state index < -0.39 is 5.44 Å². The molecule has 1 unspecified atom stereocenters. The Morgan fingerprint density at radius 3 is 2.50 bits per heavy atom. The minimum atomic E-state index is -0.399. The normalized spacial score (nSPS) is 13.1. The smallest absolute Gasteiger partial charge is 0.108 e. The van der Waals surface area contributed by atoms with E-state index in [-0.39, 0.29) is 13.2 Å². The molecule has 1 atom stereocenters. The van der Waals surface area contributed by atoms with Gasteiger partial charge in [0.1, 0.15) is 5.44 Å². The van der Waals surface area contributed by atoms with Crippen LogP contribution in [-0.2, 0) is 4.74 Å². The summed E-state index contributed by atoms with van der Waals surface area (Å²) in [5.41, 5.74) is -0.399. The van der Waals surface area contributed by atoms with Crippen LogP contribution < -0.4 is 0 Å². The van der Waals surface area contributed by atoms with Crippen LogP contribution in [0.15, 0.2) is 0 Å². The first-order valence-corrected chi connectivity index (χ1v) is 6.68. The predicted octanol–water partition coefficient (Wildman–Crippen LogP) is -0.228. The molecule has 0 spiro atoms. The van der Waals surface area contributed by atoms with Gasteiger partial charge < -0.3 is 20.1 Å². The van der Waals surface area contributed by atoms with Crippen LogP contribution in [0.5, 0.6) is 0 Å². The van der Waals surface area contributed by atoms with E-state index in [1.54, 1.807) is 0 Å². The lowest BCUT2D eigenvalue weighted by Gasteiger charge is -2.09. The Labute approximate surface area is 93.0 Å². The van der Waals surface area contributed by atoms with Crippen LogP contribution in [0, 0.1) is 0 Å². The lowest BCUT2D eigenvalue weighted by molar-refractivity contribution is 0.103. The van der Waals surface area contributed by atoms with Crippen LogP contribution in [0.3, 0.4) is 0 Å². The van der Waals surface area contributed by atoms with Crippen molar-refractivity contribution in [2.24, 2.45) is 0 Å². The zero-order valence-electron chi connectivity index (χ0n) is 8.09. The minimum absolute atomic E-state index is 0.0412. The van der Waals surface area contributed by atoms with E-state index >= 15 is 0 Å². The molecule has 0 radical (unpaired) electrons. The van der Waals surface area contributed by atoms with E-state index in [1.807, 2.05) is 0 Å². The first-order valence-electron chi connectivity index (χ1n) is 4.48. The number of rotatable bonds is 10. The number of aliphatic hydroxyl groups excluding tert-OH is 3. The standard InChI is InChI=1S/C8H18O4S2/c9-1-3-12-4-6-14-8(11)7-13-5-2-10/h8-11H,1-7H2. The van der Waals surface area contributed by atoms with Crippen molar-refractivity contribution >= 4 is 23.5 Å². The van der Waals surface area contributed by atoms with Gasteiger partial charge in [0.25, 0.3) is 0 Å². The largest absolute Gasteiger partial charge is 0.396 e. The summed E-state index contributed by atoms with van der Waals surface area (Å²) in [6, 6.07) is 0. The molecular formula is C8H18O4S2. The van der Waals surface area contributed by atoms with E-state index in [0.717, 1.165) is 5.75 Å². The third-order valence-electron chi connectivity index (χ3n) is 1.27. The van der Waals surface area contributed by atoms with E-state index in [1.165, 1.54) is 23.5 Å². The summed E-state index contributed by atoms with van der Waals surface area (Å²) < 4.78 is 5.03. The molecule has 4 nitrogen and oxygen atoms in total. The average molecular weight is 242 g/mol. The van der Waals surface area contributed by atoms with Crippen molar-refractivity contribution in [3.63, 3.8) is 0 Å². The van der Waals surface area contributed by atoms with Gasteiger partial charge in [-0.25, -0.2) is 0 Å². The van der Waals surface area contributed by atoms with Gasteiger partial charge in [0.2, 0.25) is 0 Å². The highest BCUT2D eigenvalue weighted by atomic mass is 32.2. The van der Waals surface area contributed by atoms with Crippen molar-refractivity contribution in [1.29, 1.82) is 0 Å². The summed E-state index contributed by atoms with van der Waals surface area (Å²) in [4.78, 5) is 0. The van der Waals surface area contributed by atoms with Crippen LogP contribution in [0.4, 0.5) is 0 Å². The number of ether oxygens (including phenoxy) is 1. The first kappa shape index (κ1) is 14.5. The molecule has 14 heavy (non-hydrogen) atoms. The number of thioether (sulfide) groups is 2. The fraction of sp³-hybridized carbons (Fsp3) is 1.00. The van der Waals surface area contributed by atoms with Crippen molar-refractivity contribution in [1.82, 2.24) is 0 Å². The molecular weight excluding hydrogens is 224 g/mol. The average Bonchev–Trinajstić information content (AvgIpc) is 2.18. The monoisotopic (exact) mass is 242 g/mol. The summed E-state index contributed by atoms with van der Waals surface area (Å²) >= 11 is 2.95. The molecule has 0 aliphatic rings. The predicted molar refractivity (Wildman–Crippen MR) is 60.8 cm³/mol. The highest BCUT2D eigenvalue weighted by molar-refractivity contribution is 8.03. The molecule has 0 saturated heterocycles. The molecule has 0 aromatic heterocycles. The quantitative estimate of drug-likeness (QED) is 0.363. The second-order valence-corrected chi connectivity index (χ2v) is 4.90. The Bertz CT molecular complexity index is 116. The number of hydrogen-bond donors (Lipinski definition) is 3. The van der Waals surface area contributed by atoms with E-state index in [2.05, 4.69) is 0 Å². The maximum atomic E-state index is 9.39. The van der Waals surface area contributed by atoms with Gasteiger partial charge in [0, 0.05) is 17.3 Å². The summed E-state index contributed by atoms with van der Waals surface area (Å²) in [5, 5.41) is 26.3. The van der Waals surface area contributed by atoms with Gasteiger partial charge in [0.05, 0.1) is 26.4 Å². The Morgan fingerprint density at radius 1 is 1.07 bits per heavy atom. The topological polar surface area (TPSA) is 69.9 Å². The Hall–Kier alpha value is 0.540. The molecule has 0 saturated carbocycles. The van der Waals surface area contributed by atoms with Crippen LogP contribution in [0.1, 0.15) is 0 Å². The molecule has 0 aromatic rings. The third kappa shape index (κ3) is 10.6. The molecule has 86 valence electrons. The fourth-order valence-corrected chi connectivity index (χ4v) is 2.36. The van der Waals surface area contributed by atoms with Gasteiger partial charge in [-0.15, -0.1) is 11.8 Å². The zero-order valence-corrected chi connectivity index (χ0v) is 9.73. The van der Waals surface area contributed by atoms with Crippen molar-refractivity contribution < 1.29 is 20.1 Å². The van der Waals surface area contributed by atoms with Crippen molar-refractivity contribution in [2.75, 3.05) is 43.7 Å². The third-order valence-corrected chi connectivity index (χ3v) is 3.46. The molecule has 0 bridgehead atoms. The molecule has 0 rings (SSSR count). The Balaban J connectivity index is 3.06. The van der Waals surface area contributed by atoms with Crippen molar-refractivity contribution in [3.05, 3.63) is 0 Å². The van der Waals surface area contributed by atoms with Gasteiger partial charge in [-0.1, -0.05) is 0 Å². The van der Waals surface area contributed by atoms with E-state index in [9.17, 15) is 5.11 Å². The second kappa shape index (κ2) is 11.6. The molecule has 0 heterocycles. The van der Waals surface area contributed by atoms with Crippen LogP contribution in [0.2, 0.25) is 0 Å². The van der Waals surface area contributed by atoms with Crippen LogP contribution in [-0.4, -0.2) is 64.4 Å². The maximum absolute atomic E-state index is 9.39. The van der Waals surface area contributed by atoms with Gasteiger partial charge >= 0.3 is 0 Å². The molecule has 0 fully saturated rings. The zero-order chi connectivity index (χ0) is 10.6. The van der Waals surface area contributed by atoms with Gasteiger partial charge in [-0.05, 0) is 0 Å². The molecule has 6 heteroatoms. The summed E-state index contributed by atoms with van der Waals surface area (Å²) in [5.74, 6) is 2.02. The SMILES string of the molecule is OCCOCCSC(O)CSCCO. The van der Waals surface area contributed by atoms with Crippen LogP contribution >= 0.6 is 23.5 Å². The molecule has 0 aromatic carbocycles. The van der Waals surface area contributed by atoms with Crippen molar-refractivity contribution in [2.45, 2.75) is 5.44 Å². The van der Waals surface area contributed by atoms with Gasteiger partial charge in [-0.3, -0.25) is 0 Å². The first-order chi connectivity index (χ1) is 6.81. The summed E-state index contributed by atoms with van der Waals surface area (Å²) in [6.45, 7) is 1.10. The molecule has 0 aliphatic carbocycles. The minimum Gasteiger partial charge on any atom is -0.396 e. The van der Waals surface area contributed by atoms with E-state index in [0.29, 0.717) is 24.7 Å². The lowest BCUT2D eigenvalue weighted by atomic mass is 10.7. The van der Waals surface area contributed by atoms with E-state index in [4.69, 9.17) is 14.9 Å². The fourth-order valence-electron chi connectivity index (χ4n) is 0.707. The molecule has 0 amide bonds. The van der Waals surface area contributed by atoms with Crippen molar-refractivity contribution in [3.8, 4) is 0 Å². The maximum Gasteiger partial charge on any atom is 0.108 e. The van der Waals surface area contributed by atoms with Gasteiger partial charge in [0.15, 0.2) is 0 Å². The van der Waals surface area contributed by atoms with Gasteiger partial charge in [-0.2, -0.15) is 11.8 Å². The Kier molecular flexibility index (Phi) is 12.1. The van der Waals surface area contributed by atoms with Crippen LogP contribution in [0.25, 0.3) is 0 Å². The molecule has 3 N–H and O–H groups in total. The highest BCUT2D eigenvalue weighted by Crippen LogP contribution is 2.13. The number of hydrogen-bond acceptors (Lipinski definition) is 6. The summed E-state index contributed by atoms with van der Waals surface area (Å²) in [6.07, 6.45) is 0. The lowest BCUT2D eigenvalue weighted by Crippen LogP contribution is -2.10. The number of aliphatic hydroxyl groups is 3. The summed E-state index contributed by atoms with van der Waals surface area (Å²) in [7, 11) is 0. The second-order valence-electron chi connectivity index (χ2n) is 2.46. The highest BCUT2D eigenvalue weighted by Gasteiger charge is 2.03. The Morgan fingerprint density at radius 2 is 1.86 bits per heavy atom.